The molecular weight excluding hydrogens is 415 g/mol. The summed E-state index contributed by atoms with van der Waals surface area (Å²) in [5.41, 5.74) is -1.23. The Morgan fingerprint density at radius 1 is 1.00 bits per heavy atom. The Hall–Kier alpha value is -3.15. The molecule has 0 aliphatic heterocycles. The molecule has 0 aliphatic rings. The zero-order chi connectivity index (χ0) is 23.2. The molecule has 166 valence electrons. The molecule has 3 N–H and O–H groups in total. The molecule has 0 heterocycles. The van der Waals surface area contributed by atoms with Gasteiger partial charge < -0.3 is 25.0 Å². The molecule has 0 saturated heterocycles. The SMILES string of the molecule is COC(=O)C(C(=O)OC)[C@@H](C)[C@H](NC(=O)[C@H](O)c1ccc(C(F)(F)F)cc1)C(=O)O. The molecule has 0 unspecified atom stereocenters. The van der Waals surface area contributed by atoms with Crippen LogP contribution < -0.4 is 5.32 Å². The number of aliphatic hydroxyl groups excluding tert-OH is 1. The average molecular weight is 435 g/mol. The van der Waals surface area contributed by atoms with Crippen molar-refractivity contribution in [3.8, 4) is 0 Å². The lowest BCUT2D eigenvalue weighted by Crippen LogP contribution is -2.51. The summed E-state index contributed by atoms with van der Waals surface area (Å²) in [6.45, 7) is 1.17. The van der Waals surface area contributed by atoms with Crippen LogP contribution in [0, 0.1) is 11.8 Å². The molecule has 12 heteroatoms. The van der Waals surface area contributed by atoms with Crippen LogP contribution in [-0.4, -0.2) is 54.3 Å². The van der Waals surface area contributed by atoms with Crippen molar-refractivity contribution in [1.29, 1.82) is 0 Å². The summed E-state index contributed by atoms with van der Waals surface area (Å²) in [5, 5.41) is 21.4. The zero-order valence-electron chi connectivity index (χ0n) is 16.1. The van der Waals surface area contributed by atoms with Crippen molar-refractivity contribution >= 4 is 23.8 Å². The molecule has 0 radical (unpaired) electrons. The second-order valence-corrected chi connectivity index (χ2v) is 6.23. The number of aliphatic hydroxyl groups is 1. The van der Waals surface area contributed by atoms with E-state index in [4.69, 9.17) is 0 Å². The maximum atomic E-state index is 12.6. The second-order valence-electron chi connectivity index (χ2n) is 6.23. The number of nitrogens with one attached hydrogen (secondary N) is 1. The number of carbonyl (C=O) groups excluding carboxylic acids is 3. The molecule has 0 aromatic heterocycles. The molecule has 0 fully saturated rings. The van der Waals surface area contributed by atoms with E-state index in [2.05, 4.69) is 9.47 Å². The maximum absolute atomic E-state index is 12.6. The number of halogens is 3. The van der Waals surface area contributed by atoms with E-state index in [1.165, 1.54) is 6.92 Å². The van der Waals surface area contributed by atoms with Crippen molar-refractivity contribution in [2.45, 2.75) is 25.2 Å². The first-order valence-electron chi connectivity index (χ1n) is 8.39. The second kappa shape index (κ2) is 10.1. The Bertz CT molecular complexity index is 778. The monoisotopic (exact) mass is 435 g/mol. The van der Waals surface area contributed by atoms with Crippen LogP contribution >= 0.6 is 0 Å². The number of alkyl halides is 3. The minimum atomic E-state index is -4.62. The summed E-state index contributed by atoms with van der Waals surface area (Å²) < 4.78 is 46.8. The quantitative estimate of drug-likeness (QED) is 0.404. The third-order valence-corrected chi connectivity index (χ3v) is 4.33. The van der Waals surface area contributed by atoms with E-state index in [1.54, 1.807) is 0 Å². The molecule has 0 spiro atoms. The largest absolute Gasteiger partial charge is 0.480 e. The van der Waals surface area contributed by atoms with Gasteiger partial charge in [0.15, 0.2) is 12.0 Å². The van der Waals surface area contributed by atoms with E-state index in [0.29, 0.717) is 12.1 Å². The van der Waals surface area contributed by atoms with Crippen LogP contribution in [0.2, 0.25) is 0 Å². The zero-order valence-corrected chi connectivity index (χ0v) is 16.1. The summed E-state index contributed by atoms with van der Waals surface area (Å²) in [4.78, 5) is 47.6. The summed E-state index contributed by atoms with van der Waals surface area (Å²) in [5.74, 6) is -8.14. The Labute approximate surface area is 168 Å². The van der Waals surface area contributed by atoms with Crippen molar-refractivity contribution in [2.75, 3.05) is 14.2 Å². The molecule has 1 aromatic rings. The Morgan fingerprint density at radius 3 is 1.83 bits per heavy atom. The molecule has 9 nitrogen and oxygen atoms in total. The van der Waals surface area contributed by atoms with E-state index in [1.807, 2.05) is 5.32 Å². The highest BCUT2D eigenvalue weighted by molar-refractivity contribution is 5.96. The highest BCUT2D eigenvalue weighted by Crippen LogP contribution is 2.30. The van der Waals surface area contributed by atoms with Crippen LogP contribution in [-0.2, 0) is 34.8 Å². The van der Waals surface area contributed by atoms with E-state index < -0.39 is 59.5 Å². The van der Waals surface area contributed by atoms with Gasteiger partial charge in [0.2, 0.25) is 0 Å². The van der Waals surface area contributed by atoms with Gasteiger partial charge in [-0.25, -0.2) is 4.79 Å². The van der Waals surface area contributed by atoms with Crippen LogP contribution in [0.1, 0.15) is 24.2 Å². The summed E-state index contributed by atoms with van der Waals surface area (Å²) in [6.07, 6.45) is -6.62. The summed E-state index contributed by atoms with van der Waals surface area (Å²) in [7, 11) is 1.93. The number of rotatable bonds is 8. The molecule has 1 rings (SSSR count). The fourth-order valence-corrected chi connectivity index (χ4v) is 2.63. The highest BCUT2D eigenvalue weighted by atomic mass is 19.4. The first kappa shape index (κ1) is 24.9. The van der Waals surface area contributed by atoms with Crippen molar-refractivity contribution < 1.29 is 52.0 Å². The predicted octanol–water partition coefficient (Wildman–Crippen LogP) is 0.907. The number of methoxy groups -OCH3 is 2. The standard InChI is InChI=1S/C18H20F3NO8/c1-8(11(16(27)29-2)17(28)30-3)12(15(25)26)22-14(24)13(23)9-4-6-10(7-5-9)18(19,20)21/h4-8,11-13,23H,1-3H3,(H,22,24)(H,25,26)/t8-,12+,13-/m1/s1. The highest BCUT2D eigenvalue weighted by Gasteiger charge is 2.42. The fourth-order valence-electron chi connectivity index (χ4n) is 2.63. The lowest BCUT2D eigenvalue weighted by Gasteiger charge is -2.26. The number of amides is 1. The van der Waals surface area contributed by atoms with Crippen molar-refractivity contribution in [2.24, 2.45) is 11.8 Å². The van der Waals surface area contributed by atoms with E-state index in [-0.39, 0.29) is 5.56 Å². The van der Waals surface area contributed by atoms with Gasteiger partial charge in [0, 0.05) is 5.92 Å². The number of carbonyl (C=O) groups is 4. The molecule has 0 saturated carbocycles. The van der Waals surface area contributed by atoms with Gasteiger partial charge in [-0.05, 0) is 17.7 Å². The minimum absolute atomic E-state index is 0.227. The lowest BCUT2D eigenvalue weighted by molar-refractivity contribution is -0.163. The van der Waals surface area contributed by atoms with Gasteiger partial charge in [-0.15, -0.1) is 0 Å². The van der Waals surface area contributed by atoms with Crippen LogP contribution in [0.3, 0.4) is 0 Å². The number of aliphatic carboxylic acids is 1. The number of hydrogen-bond donors (Lipinski definition) is 3. The molecule has 0 bridgehead atoms. The number of hydrogen-bond acceptors (Lipinski definition) is 7. The maximum Gasteiger partial charge on any atom is 0.416 e. The Balaban J connectivity index is 3.06. The van der Waals surface area contributed by atoms with E-state index in [0.717, 1.165) is 26.4 Å². The van der Waals surface area contributed by atoms with E-state index in [9.17, 15) is 42.6 Å². The molecule has 0 aliphatic carbocycles. The van der Waals surface area contributed by atoms with Gasteiger partial charge in [0.25, 0.3) is 5.91 Å². The van der Waals surface area contributed by atoms with Crippen LogP contribution in [0.25, 0.3) is 0 Å². The summed E-state index contributed by atoms with van der Waals surface area (Å²) >= 11 is 0. The van der Waals surface area contributed by atoms with Gasteiger partial charge in [-0.1, -0.05) is 19.1 Å². The third kappa shape index (κ3) is 5.92. The van der Waals surface area contributed by atoms with Crippen molar-refractivity contribution in [1.82, 2.24) is 5.32 Å². The van der Waals surface area contributed by atoms with Gasteiger partial charge in [0.1, 0.15) is 6.04 Å². The molecule has 30 heavy (non-hydrogen) atoms. The van der Waals surface area contributed by atoms with E-state index >= 15 is 0 Å². The normalized spacial score (nSPS) is 14.4. The van der Waals surface area contributed by atoms with Gasteiger partial charge in [0.05, 0.1) is 19.8 Å². The third-order valence-electron chi connectivity index (χ3n) is 4.33. The number of benzene rings is 1. The summed E-state index contributed by atoms with van der Waals surface area (Å²) in [6, 6.07) is 1.18. The van der Waals surface area contributed by atoms with Gasteiger partial charge in [-0.3, -0.25) is 14.4 Å². The fraction of sp³-hybridized carbons (Fsp3) is 0.444. The molecular formula is C18H20F3NO8. The number of carboxylic acids is 1. The van der Waals surface area contributed by atoms with Crippen LogP contribution in [0.15, 0.2) is 24.3 Å². The first-order valence-corrected chi connectivity index (χ1v) is 8.39. The lowest BCUT2D eigenvalue weighted by atomic mass is 9.87. The molecule has 3 atom stereocenters. The predicted molar refractivity (Wildman–Crippen MR) is 92.7 cm³/mol. The Morgan fingerprint density at radius 2 is 1.47 bits per heavy atom. The number of ether oxygens (including phenoxy) is 2. The first-order chi connectivity index (χ1) is 13.8. The smallest absolute Gasteiger partial charge is 0.416 e. The molecule has 1 amide bonds. The minimum Gasteiger partial charge on any atom is -0.480 e. The van der Waals surface area contributed by atoms with Gasteiger partial charge >= 0.3 is 24.1 Å². The number of carboxylic acid groups (broad SMARTS) is 1. The van der Waals surface area contributed by atoms with Crippen LogP contribution in [0.4, 0.5) is 13.2 Å². The molecule has 1 aromatic carbocycles. The number of esters is 2. The van der Waals surface area contributed by atoms with Crippen molar-refractivity contribution in [3.05, 3.63) is 35.4 Å². The Kier molecular flexibility index (Phi) is 8.34. The van der Waals surface area contributed by atoms with Crippen molar-refractivity contribution in [3.63, 3.8) is 0 Å². The average Bonchev–Trinajstić information content (AvgIpc) is 2.69. The topological polar surface area (TPSA) is 139 Å². The van der Waals surface area contributed by atoms with Gasteiger partial charge in [-0.2, -0.15) is 13.2 Å². The van der Waals surface area contributed by atoms with Crippen LogP contribution in [0.5, 0.6) is 0 Å².